The number of thiocarbonyl (C=S) groups is 1. The van der Waals surface area contributed by atoms with E-state index in [-0.39, 0.29) is 22.6 Å². The van der Waals surface area contributed by atoms with Crippen LogP contribution >= 0.6 is 12.2 Å². The molecule has 0 radical (unpaired) electrons. The van der Waals surface area contributed by atoms with Crippen molar-refractivity contribution in [3.8, 4) is 0 Å². The van der Waals surface area contributed by atoms with E-state index in [0.29, 0.717) is 36.9 Å². The monoisotopic (exact) mass is 471 g/mol. The highest BCUT2D eigenvalue weighted by Crippen LogP contribution is 2.35. The molecule has 0 saturated carbocycles. The van der Waals surface area contributed by atoms with Gasteiger partial charge in [-0.25, -0.2) is 17.2 Å². The van der Waals surface area contributed by atoms with E-state index in [0.717, 1.165) is 16.0 Å². The van der Waals surface area contributed by atoms with Crippen LogP contribution in [0, 0.1) is 11.6 Å². The van der Waals surface area contributed by atoms with E-state index in [9.17, 15) is 17.2 Å². The van der Waals surface area contributed by atoms with Gasteiger partial charge in [0.2, 0.25) is 0 Å². The van der Waals surface area contributed by atoms with Crippen molar-refractivity contribution in [3.05, 3.63) is 95.1 Å². The second-order valence-corrected chi connectivity index (χ2v) is 10.5. The molecular formula is C25H23F2NO2S2. The number of nitrogens with zero attached hydrogens (tertiary/aromatic N) is 1. The second kappa shape index (κ2) is 9.08. The van der Waals surface area contributed by atoms with Crippen LogP contribution in [0.1, 0.15) is 30.0 Å². The molecule has 0 N–H and O–H groups in total. The Kier molecular flexibility index (Phi) is 6.40. The molecule has 1 aliphatic rings. The number of rotatable bonds is 6. The number of anilines is 1. The van der Waals surface area contributed by atoms with Crippen LogP contribution in [0.4, 0.5) is 14.5 Å². The summed E-state index contributed by atoms with van der Waals surface area (Å²) in [5.41, 5.74) is 2.93. The van der Waals surface area contributed by atoms with E-state index >= 15 is 0 Å². The molecule has 0 amide bonds. The summed E-state index contributed by atoms with van der Waals surface area (Å²) in [6.45, 7) is 1.86. The summed E-state index contributed by atoms with van der Waals surface area (Å²) in [5.74, 6) is -0.662. The fraction of sp³-hybridized carbons (Fsp3) is 0.240. The van der Waals surface area contributed by atoms with E-state index in [1.165, 1.54) is 34.6 Å². The standard InChI is InChI=1S/C25H23F2NO2S2/c1-17-5-8-20-16-22(27)9-12-25(20)28(17)32(29,30)24-10-6-18(7-11-24)14-23(31)15-19-3-2-4-21(26)13-19/h2-4,6-7,9-13,16-17H,5,8,14-15H2,1H3. The number of halogens is 2. The molecule has 3 aromatic carbocycles. The Labute approximate surface area is 192 Å². The normalized spacial score (nSPS) is 16.0. The molecule has 0 aliphatic carbocycles. The second-order valence-electron chi connectivity index (χ2n) is 8.13. The lowest BCUT2D eigenvalue weighted by atomic mass is 9.99. The minimum atomic E-state index is -3.80. The molecule has 0 aromatic heterocycles. The Bertz CT molecular complexity index is 1260. The lowest BCUT2D eigenvalue weighted by Crippen LogP contribution is -2.42. The molecule has 166 valence electrons. The first-order valence-corrected chi connectivity index (χ1v) is 12.3. The molecule has 3 aromatic rings. The highest BCUT2D eigenvalue weighted by molar-refractivity contribution is 7.92. The summed E-state index contributed by atoms with van der Waals surface area (Å²) in [4.78, 5) is 0.924. The van der Waals surface area contributed by atoms with Crippen molar-refractivity contribution in [1.82, 2.24) is 0 Å². The van der Waals surface area contributed by atoms with E-state index < -0.39 is 10.0 Å². The quantitative estimate of drug-likeness (QED) is 0.436. The van der Waals surface area contributed by atoms with E-state index in [1.807, 2.05) is 13.0 Å². The molecule has 1 aliphatic heterocycles. The summed E-state index contributed by atoms with van der Waals surface area (Å²) in [5, 5.41) is 0. The van der Waals surface area contributed by atoms with Crippen molar-refractivity contribution in [2.75, 3.05) is 4.31 Å². The predicted molar refractivity (Wildman–Crippen MR) is 127 cm³/mol. The predicted octanol–water partition coefficient (Wildman–Crippen LogP) is 5.65. The van der Waals surface area contributed by atoms with Gasteiger partial charge in [-0.2, -0.15) is 0 Å². The Morgan fingerprint density at radius 3 is 2.38 bits per heavy atom. The van der Waals surface area contributed by atoms with Gasteiger partial charge in [0, 0.05) is 23.7 Å². The highest BCUT2D eigenvalue weighted by Gasteiger charge is 2.33. The lowest BCUT2D eigenvalue weighted by molar-refractivity contribution is 0.560. The summed E-state index contributed by atoms with van der Waals surface area (Å²) < 4.78 is 55.3. The number of aryl methyl sites for hydroxylation is 1. The summed E-state index contributed by atoms with van der Waals surface area (Å²) in [6, 6.07) is 17.0. The largest absolute Gasteiger partial charge is 0.264 e. The Hall–Kier alpha value is -2.64. The molecule has 3 nitrogen and oxygen atoms in total. The van der Waals surface area contributed by atoms with Crippen LogP contribution in [0.15, 0.2) is 71.6 Å². The molecular weight excluding hydrogens is 448 g/mol. The average molecular weight is 472 g/mol. The van der Waals surface area contributed by atoms with Crippen molar-refractivity contribution in [2.45, 2.75) is 43.5 Å². The van der Waals surface area contributed by atoms with Crippen molar-refractivity contribution < 1.29 is 17.2 Å². The van der Waals surface area contributed by atoms with E-state index in [1.54, 1.807) is 30.3 Å². The van der Waals surface area contributed by atoms with Crippen LogP contribution in [-0.2, 0) is 29.3 Å². The van der Waals surface area contributed by atoms with Crippen molar-refractivity contribution in [1.29, 1.82) is 0 Å². The van der Waals surface area contributed by atoms with Crippen molar-refractivity contribution in [2.24, 2.45) is 0 Å². The fourth-order valence-corrected chi connectivity index (χ4v) is 6.17. The van der Waals surface area contributed by atoms with Gasteiger partial charge in [-0.3, -0.25) is 4.31 Å². The van der Waals surface area contributed by atoms with Crippen LogP contribution < -0.4 is 4.31 Å². The first-order valence-electron chi connectivity index (χ1n) is 10.4. The van der Waals surface area contributed by atoms with Crippen LogP contribution in [0.25, 0.3) is 0 Å². The van der Waals surface area contributed by atoms with Crippen LogP contribution in [0.2, 0.25) is 0 Å². The van der Waals surface area contributed by atoms with Gasteiger partial charge >= 0.3 is 0 Å². The molecule has 1 heterocycles. The Morgan fingerprint density at radius 1 is 0.969 bits per heavy atom. The van der Waals surface area contributed by atoms with Crippen LogP contribution in [0.3, 0.4) is 0 Å². The van der Waals surface area contributed by atoms with Gasteiger partial charge in [-0.05, 0) is 78.9 Å². The van der Waals surface area contributed by atoms with Gasteiger partial charge in [0.05, 0.1) is 10.6 Å². The van der Waals surface area contributed by atoms with Crippen LogP contribution in [0.5, 0.6) is 0 Å². The van der Waals surface area contributed by atoms with Gasteiger partial charge in [0.15, 0.2) is 0 Å². The molecule has 1 atom stereocenters. The summed E-state index contributed by atoms with van der Waals surface area (Å²) in [6.07, 6.45) is 2.24. The lowest BCUT2D eigenvalue weighted by Gasteiger charge is -2.36. The highest BCUT2D eigenvalue weighted by atomic mass is 32.2. The number of hydrogen-bond acceptors (Lipinski definition) is 3. The van der Waals surface area contributed by atoms with Gasteiger partial charge in [-0.1, -0.05) is 36.5 Å². The van der Waals surface area contributed by atoms with Gasteiger partial charge < -0.3 is 0 Å². The zero-order chi connectivity index (χ0) is 22.9. The van der Waals surface area contributed by atoms with Gasteiger partial charge in [-0.15, -0.1) is 0 Å². The molecule has 4 rings (SSSR count). The smallest absolute Gasteiger partial charge is 0.263 e. The number of benzene rings is 3. The molecule has 0 saturated heterocycles. The van der Waals surface area contributed by atoms with Crippen LogP contribution in [-0.4, -0.2) is 19.3 Å². The Balaban J connectivity index is 1.53. The first kappa shape index (κ1) is 22.6. The molecule has 0 bridgehead atoms. The number of sulfonamides is 1. The number of hydrogen-bond donors (Lipinski definition) is 0. The van der Waals surface area contributed by atoms with Gasteiger partial charge in [0.25, 0.3) is 10.0 Å². The minimum Gasteiger partial charge on any atom is -0.263 e. The molecule has 0 fully saturated rings. The zero-order valence-corrected chi connectivity index (χ0v) is 19.2. The number of fused-ring (bicyclic) bond motifs is 1. The minimum absolute atomic E-state index is 0.182. The van der Waals surface area contributed by atoms with Gasteiger partial charge in [0.1, 0.15) is 11.6 Å². The van der Waals surface area contributed by atoms with Crippen molar-refractivity contribution >= 4 is 32.8 Å². The van der Waals surface area contributed by atoms with E-state index in [4.69, 9.17) is 12.2 Å². The maximum Gasteiger partial charge on any atom is 0.264 e. The summed E-state index contributed by atoms with van der Waals surface area (Å²) in [7, 11) is -3.80. The third kappa shape index (κ3) is 4.74. The molecule has 0 spiro atoms. The first-order chi connectivity index (χ1) is 15.2. The third-order valence-electron chi connectivity index (χ3n) is 5.68. The van der Waals surface area contributed by atoms with E-state index in [2.05, 4.69) is 0 Å². The molecule has 32 heavy (non-hydrogen) atoms. The summed E-state index contributed by atoms with van der Waals surface area (Å²) >= 11 is 5.46. The molecule has 7 heteroatoms. The molecule has 1 unspecified atom stereocenters. The fourth-order valence-electron chi connectivity index (χ4n) is 4.11. The Morgan fingerprint density at radius 2 is 1.66 bits per heavy atom. The third-order valence-corrected chi connectivity index (χ3v) is 7.91. The van der Waals surface area contributed by atoms with Crippen molar-refractivity contribution in [3.63, 3.8) is 0 Å². The maximum absolute atomic E-state index is 13.6. The topological polar surface area (TPSA) is 37.4 Å². The average Bonchev–Trinajstić information content (AvgIpc) is 2.74. The SMILES string of the molecule is CC1CCc2cc(F)ccc2N1S(=O)(=O)c1ccc(CC(=S)Cc2cccc(F)c2)cc1. The maximum atomic E-state index is 13.6. The zero-order valence-electron chi connectivity index (χ0n) is 17.6.